The summed E-state index contributed by atoms with van der Waals surface area (Å²) in [5.41, 5.74) is 0.845. The highest BCUT2D eigenvalue weighted by Crippen LogP contribution is 2.24. The van der Waals surface area contributed by atoms with Gasteiger partial charge in [-0.3, -0.25) is 10.3 Å². The smallest absolute Gasteiger partial charge is 0.113 e. The Morgan fingerprint density at radius 3 is 2.86 bits per heavy atom. The lowest BCUT2D eigenvalue weighted by Gasteiger charge is -2.12. The second-order valence-corrected chi connectivity index (χ2v) is 4.45. The summed E-state index contributed by atoms with van der Waals surface area (Å²) in [4.78, 5) is 4.27. The highest BCUT2D eigenvalue weighted by molar-refractivity contribution is 9.11. The number of halogens is 2. The van der Waals surface area contributed by atoms with Crippen LogP contribution in [0.2, 0.25) is 0 Å². The maximum absolute atomic E-state index is 5.41. The topological polar surface area (TPSA) is 24.9 Å². The minimum atomic E-state index is -0.137. The Morgan fingerprint density at radius 1 is 1.64 bits per heavy atom. The van der Waals surface area contributed by atoms with E-state index in [4.69, 9.17) is 6.42 Å². The Balaban J connectivity index is 3.00. The maximum atomic E-state index is 5.41. The van der Waals surface area contributed by atoms with E-state index in [1.54, 1.807) is 6.20 Å². The molecule has 1 aromatic rings. The minimum Gasteiger partial charge on any atom is -0.299 e. The van der Waals surface area contributed by atoms with Gasteiger partial charge >= 0.3 is 0 Å². The second kappa shape index (κ2) is 5.50. The lowest BCUT2D eigenvalue weighted by Crippen LogP contribution is -2.20. The number of hydrogen-bond donors (Lipinski definition) is 1. The van der Waals surface area contributed by atoms with Crippen molar-refractivity contribution in [1.82, 2.24) is 10.3 Å². The van der Waals surface area contributed by atoms with E-state index in [1.807, 2.05) is 13.0 Å². The Labute approximate surface area is 101 Å². The molecule has 0 saturated carbocycles. The fraction of sp³-hybridized carbons (Fsp3) is 0.300. The zero-order valence-electron chi connectivity index (χ0n) is 7.72. The molecule has 1 N–H and O–H groups in total. The van der Waals surface area contributed by atoms with E-state index in [2.05, 4.69) is 48.1 Å². The number of nitrogens with one attached hydrogen (secondary N) is 1. The molecule has 0 aliphatic rings. The third-order valence-electron chi connectivity index (χ3n) is 1.68. The molecule has 14 heavy (non-hydrogen) atoms. The van der Waals surface area contributed by atoms with Crippen molar-refractivity contribution >= 4 is 31.9 Å². The number of nitrogens with zero attached hydrogens (tertiary/aromatic N) is 1. The van der Waals surface area contributed by atoms with E-state index in [0.717, 1.165) is 21.2 Å². The molecule has 0 radical (unpaired) electrons. The molecule has 1 rings (SSSR count). The van der Waals surface area contributed by atoms with E-state index >= 15 is 0 Å². The van der Waals surface area contributed by atoms with Crippen molar-refractivity contribution in [3.8, 4) is 12.3 Å². The van der Waals surface area contributed by atoms with E-state index in [-0.39, 0.29) is 6.04 Å². The van der Waals surface area contributed by atoms with Gasteiger partial charge in [-0.25, -0.2) is 0 Å². The van der Waals surface area contributed by atoms with Crippen molar-refractivity contribution in [3.63, 3.8) is 0 Å². The van der Waals surface area contributed by atoms with Crippen LogP contribution in [0, 0.1) is 12.3 Å². The zero-order chi connectivity index (χ0) is 10.6. The fourth-order valence-electron chi connectivity index (χ4n) is 1.08. The van der Waals surface area contributed by atoms with Crippen LogP contribution in [0.3, 0.4) is 0 Å². The van der Waals surface area contributed by atoms with Crippen LogP contribution in [0.15, 0.2) is 21.2 Å². The van der Waals surface area contributed by atoms with E-state index in [1.165, 1.54) is 0 Å². The van der Waals surface area contributed by atoms with Gasteiger partial charge in [0.1, 0.15) is 6.04 Å². The van der Waals surface area contributed by atoms with Crippen LogP contribution in [-0.4, -0.2) is 11.5 Å². The van der Waals surface area contributed by atoms with E-state index < -0.39 is 0 Å². The van der Waals surface area contributed by atoms with Crippen molar-refractivity contribution < 1.29 is 0 Å². The molecule has 0 spiro atoms. The average Bonchev–Trinajstić information content (AvgIpc) is 2.15. The second-order valence-electron chi connectivity index (χ2n) is 2.68. The molecule has 0 fully saturated rings. The molecule has 1 aromatic heterocycles. The number of rotatable bonds is 3. The van der Waals surface area contributed by atoms with Crippen molar-refractivity contribution in [3.05, 3.63) is 26.9 Å². The van der Waals surface area contributed by atoms with Gasteiger partial charge < -0.3 is 0 Å². The lowest BCUT2D eigenvalue weighted by molar-refractivity contribution is 0.646. The molecule has 0 aliphatic carbocycles. The SMILES string of the molecule is C#CC(NCC)c1ncc(Br)cc1Br. The van der Waals surface area contributed by atoms with Gasteiger partial charge in [0.2, 0.25) is 0 Å². The third-order valence-corrected chi connectivity index (χ3v) is 2.75. The van der Waals surface area contributed by atoms with Crippen LogP contribution in [0.4, 0.5) is 0 Å². The first-order valence-electron chi connectivity index (χ1n) is 4.19. The van der Waals surface area contributed by atoms with Crippen molar-refractivity contribution in [2.75, 3.05) is 6.54 Å². The summed E-state index contributed by atoms with van der Waals surface area (Å²) in [7, 11) is 0. The summed E-state index contributed by atoms with van der Waals surface area (Å²) in [6.45, 7) is 2.83. The lowest BCUT2D eigenvalue weighted by atomic mass is 10.2. The number of aromatic nitrogens is 1. The van der Waals surface area contributed by atoms with Gasteiger partial charge in [0.25, 0.3) is 0 Å². The predicted molar refractivity (Wildman–Crippen MR) is 64.9 cm³/mol. The number of pyridine rings is 1. The predicted octanol–water partition coefficient (Wildman–Crippen LogP) is 2.89. The van der Waals surface area contributed by atoms with Crippen LogP contribution >= 0.6 is 31.9 Å². The first kappa shape index (κ1) is 11.7. The summed E-state index contributed by atoms with van der Waals surface area (Å²) < 4.78 is 1.84. The Morgan fingerprint density at radius 2 is 2.36 bits per heavy atom. The summed E-state index contributed by atoms with van der Waals surface area (Å²) in [6, 6.07) is 1.80. The number of hydrogen-bond acceptors (Lipinski definition) is 2. The van der Waals surface area contributed by atoms with E-state index in [0.29, 0.717) is 0 Å². The van der Waals surface area contributed by atoms with Gasteiger partial charge in [0.05, 0.1) is 5.69 Å². The molecule has 74 valence electrons. The van der Waals surface area contributed by atoms with Gasteiger partial charge in [-0.05, 0) is 44.5 Å². The van der Waals surface area contributed by atoms with Gasteiger partial charge in [0, 0.05) is 15.1 Å². The van der Waals surface area contributed by atoms with Gasteiger partial charge in [0.15, 0.2) is 0 Å². The molecule has 0 saturated heterocycles. The zero-order valence-corrected chi connectivity index (χ0v) is 10.9. The van der Waals surface area contributed by atoms with Crippen LogP contribution in [0.1, 0.15) is 18.7 Å². The quantitative estimate of drug-likeness (QED) is 0.867. The van der Waals surface area contributed by atoms with Gasteiger partial charge in [-0.1, -0.05) is 12.8 Å². The van der Waals surface area contributed by atoms with Crippen molar-refractivity contribution in [1.29, 1.82) is 0 Å². The summed E-state index contributed by atoms with van der Waals surface area (Å²) in [5, 5.41) is 3.16. The molecule has 2 nitrogen and oxygen atoms in total. The fourth-order valence-corrected chi connectivity index (χ4v) is 2.29. The highest BCUT2D eigenvalue weighted by Gasteiger charge is 2.11. The van der Waals surface area contributed by atoms with Crippen LogP contribution in [0.5, 0.6) is 0 Å². The normalized spacial score (nSPS) is 12.1. The average molecular weight is 318 g/mol. The molecular weight excluding hydrogens is 308 g/mol. The monoisotopic (exact) mass is 316 g/mol. The molecule has 0 aromatic carbocycles. The molecule has 0 amide bonds. The number of terminal acetylenes is 1. The first-order chi connectivity index (χ1) is 6.69. The van der Waals surface area contributed by atoms with E-state index in [9.17, 15) is 0 Å². The molecule has 0 bridgehead atoms. The molecule has 1 atom stereocenters. The Kier molecular flexibility index (Phi) is 4.59. The van der Waals surface area contributed by atoms with Crippen molar-refractivity contribution in [2.45, 2.75) is 13.0 Å². The summed E-state index contributed by atoms with van der Waals surface area (Å²) in [6.07, 6.45) is 7.15. The van der Waals surface area contributed by atoms with Gasteiger partial charge in [-0.2, -0.15) is 0 Å². The van der Waals surface area contributed by atoms with Crippen LogP contribution in [0.25, 0.3) is 0 Å². The van der Waals surface area contributed by atoms with Gasteiger partial charge in [-0.15, -0.1) is 6.42 Å². The Bertz CT molecular complexity index is 358. The third kappa shape index (κ3) is 2.81. The first-order valence-corrected chi connectivity index (χ1v) is 5.78. The molecule has 1 heterocycles. The largest absolute Gasteiger partial charge is 0.299 e. The molecular formula is C10H10Br2N2. The Hall–Kier alpha value is -0.370. The van der Waals surface area contributed by atoms with Crippen molar-refractivity contribution in [2.24, 2.45) is 0 Å². The molecule has 4 heteroatoms. The maximum Gasteiger partial charge on any atom is 0.113 e. The molecule has 1 unspecified atom stereocenters. The highest BCUT2D eigenvalue weighted by atomic mass is 79.9. The molecule has 0 aliphatic heterocycles. The minimum absolute atomic E-state index is 0.137. The van der Waals surface area contributed by atoms with Crippen LogP contribution in [-0.2, 0) is 0 Å². The summed E-state index contributed by atoms with van der Waals surface area (Å²) >= 11 is 6.77. The summed E-state index contributed by atoms with van der Waals surface area (Å²) in [5.74, 6) is 2.66. The standard InChI is InChI=1S/C10H10Br2N2/c1-3-9(13-4-2)10-8(12)5-7(11)6-14-10/h1,5-6,9,13H,4H2,2H3. The van der Waals surface area contributed by atoms with Crippen LogP contribution < -0.4 is 5.32 Å².